The Kier molecular flexibility index (Phi) is 12.8. The van der Waals surface area contributed by atoms with E-state index in [2.05, 4.69) is 10.6 Å². The van der Waals surface area contributed by atoms with E-state index in [9.17, 15) is 10.2 Å². The monoisotopic (exact) mass is 432 g/mol. The van der Waals surface area contributed by atoms with Crippen LogP contribution in [0.1, 0.15) is 23.3 Å². The predicted molar refractivity (Wildman–Crippen MR) is 108 cm³/mol. The van der Waals surface area contributed by atoms with Gasteiger partial charge in [0.15, 0.2) is 0 Å². The van der Waals surface area contributed by atoms with E-state index in [-0.39, 0.29) is 11.5 Å². The first-order valence-corrected chi connectivity index (χ1v) is 9.80. The van der Waals surface area contributed by atoms with Gasteiger partial charge in [0, 0.05) is 13.1 Å². The highest BCUT2D eigenvalue weighted by molar-refractivity contribution is 7.79. The van der Waals surface area contributed by atoms with E-state index in [4.69, 9.17) is 27.7 Å². The summed E-state index contributed by atoms with van der Waals surface area (Å²) in [5, 5.41) is 42.8. The third kappa shape index (κ3) is 14.4. The molecule has 164 valence electrons. The third-order valence-electron chi connectivity index (χ3n) is 3.30. The molecule has 2 aromatic carbocycles. The lowest BCUT2D eigenvalue weighted by atomic mass is 10.1. The fraction of sp³-hybridized carbons (Fsp3) is 0.333. The molecular formula is C18H28N2O8S. The summed E-state index contributed by atoms with van der Waals surface area (Å²) in [7, 11) is -1.13. The van der Waals surface area contributed by atoms with Crippen molar-refractivity contribution in [3.05, 3.63) is 59.7 Å². The number of rotatable bonds is 6. The zero-order chi connectivity index (χ0) is 22.4. The number of hydrogen-bond acceptors (Lipinski definition) is 8. The number of hydrogen-bond donors (Lipinski definition) is 8. The number of benzene rings is 2. The minimum Gasteiger partial charge on any atom is -0.508 e. The van der Waals surface area contributed by atoms with Crippen molar-refractivity contribution in [3.63, 3.8) is 0 Å². The highest BCUT2D eigenvalue weighted by Crippen LogP contribution is 2.17. The Morgan fingerprint density at radius 2 is 1.10 bits per heavy atom. The molecule has 2 atom stereocenters. The Hall–Kier alpha value is -2.25. The summed E-state index contributed by atoms with van der Waals surface area (Å²) in [6.45, 7) is 0.979. The number of aliphatic hydroxyl groups excluding tert-OH is 2. The van der Waals surface area contributed by atoms with Crippen LogP contribution in [0.4, 0.5) is 0 Å². The SMILES string of the molecule is CNCC(O)c1cccc(O)c1.CNCC(O)c1cccc(O)c1.O=S(=O)(O)O. The lowest BCUT2D eigenvalue weighted by Crippen LogP contribution is -2.16. The van der Waals surface area contributed by atoms with Crippen LogP contribution in [0.3, 0.4) is 0 Å². The molecule has 0 saturated heterocycles. The Balaban J connectivity index is 0.000000442. The minimum atomic E-state index is -4.67. The van der Waals surface area contributed by atoms with Crippen LogP contribution in [0.5, 0.6) is 11.5 Å². The number of aliphatic hydroxyl groups is 2. The third-order valence-corrected chi connectivity index (χ3v) is 3.30. The van der Waals surface area contributed by atoms with Gasteiger partial charge in [0.1, 0.15) is 11.5 Å². The lowest BCUT2D eigenvalue weighted by molar-refractivity contribution is 0.177. The van der Waals surface area contributed by atoms with E-state index >= 15 is 0 Å². The molecule has 11 heteroatoms. The lowest BCUT2D eigenvalue weighted by Gasteiger charge is -2.09. The molecule has 0 fully saturated rings. The van der Waals surface area contributed by atoms with Crippen LogP contribution in [0.2, 0.25) is 0 Å². The van der Waals surface area contributed by atoms with Gasteiger partial charge in [0.25, 0.3) is 0 Å². The van der Waals surface area contributed by atoms with Crippen LogP contribution in [-0.4, -0.2) is 65.1 Å². The molecule has 0 saturated carbocycles. The molecule has 2 rings (SSSR count). The molecule has 0 bridgehead atoms. The summed E-state index contributed by atoms with van der Waals surface area (Å²) in [4.78, 5) is 0. The molecule has 0 aliphatic carbocycles. The van der Waals surface area contributed by atoms with Gasteiger partial charge in [-0.1, -0.05) is 24.3 Å². The van der Waals surface area contributed by atoms with Gasteiger partial charge in [-0.15, -0.1) is 0 Å². The van der Waals surface area contributed by atoms with Gasteiger partial charge in [-0.25, -0.2) is 0 Å². The first kappa shape index (κ1) is 26.8. The molecule has 0 aliphatic rings. The smallest absolute Gasteiger partial charge is 0.394 e. The molecule has 10 nitrogen and oxygen atoms in total. The van der Waals surface area contributed by atoms with Crippen molar-refractivity contribution in [2.45, 2.75) is 12.2 Å². The van der Waals surface area contributed by atoms with E-state index in [0.29, 0.717) is 13.1 Å². The van der Waals surface area contributed by atoms with Gasteiger partial charge in [-0.3, -0.25) is 9.11 Å². The average molecular weight is 432 g/mol. The molecule has 0 aromatic heterocycles. The second-order valence-corrected chi connectivity index (χ2v) is 6.68. The summed E-state index contributed by atoms with van der Waals surface area (Å²) < 4.78 is 31.6. The molecule has 8 N–H and O–H groups in total. The Morgan fingerprint density at radius 3 is 1.34 bits per heavy atom. The van der Waals surface area contributed by atoms with E-state index < -0.39 is 22.6 Å². The largest absolute Gasteiger partial charge is 0.508 e. The number of phenols is 2. The standard InChI is InChI=1S/2C9H13NO2.H2O4S/c2*1-10-6-9(12)7-3-2-4-8(11)5-7;1-5(2,3)4/h2*2-5,9-12H,6H2,1H3;(H2,1,2,3,4). The van der Waals surface area contributed by atoms with Crippen molar-refractivity contribution in [1.82, 2.24) is 10.6 Å². The normalized spacial score (nSPS) is 12.6. The molecule has 29 heavy (non-hydrogen) atoms. The molecular weight excluding hydrogens is 404 g/mol. The quantitative estimate of drug-likeness (QED) is 0.302. The fourth-order valence-electron chi connectivity index (χ4n) is 2.09. The highest BCUT2D eigenvalue weighted by Gasteiger charge is 2.06. The number of aromatic hydroxyl groups is 2. The van der Waals surface area contributed by atoms with Gasteiger partial charge in [0.05, 0.1) is 12.2 Å². The maximum absolute atomic E-state index is 9.47. The number of phenolic OH excluding ortho intramolecular Hbond substituents is 2. The Bertz CT molecular complexity index is 756. The highest BCUT2D eigenvalue weighted by atomic mass is 32.3. The molecule has 0 aliphatic heterocycles. The van der Waals surface area contributed by atoms with Gasteiger partial charge in [-0.2, -0.15) is 8.42 Å². The van der Waals surface area contributed by atoms with Crippen LogP contribution < -0.4 is 10.6 Å². The minimum absolute atomic E-state index is 0.183. The summed E-state index contributed by atoms with van der Waals surface area (Å²) in [6, 6.07) is 13.3. The second kappa shape index (κ2) is 13.8. The van der Waals surface area contributed by atoms with Crippen molar-refractivity contribution in [1.29, 1.82) is 0 Å². The second-order valence-electron chi connectivity index (χ2n) is 5.78. The van der Waals surface area contributed by atoms with Crippen molar-refractivity contribution in [3.8, 4) is 11.5 Å². The summed E-state index contributed by atoms with van der Waals surface area (Å²) in [5.74, 6) is 0.366. The van der Waals surface area contributed by atoms with Crippen LogP contribution in [0.25, 0.3) is 0 Å². The summed E-state index contributed by atoms with van der Waals surface area (Å²) in [6.07, 6.45) is -1.11. The van der Waals surface area contributed by atoms with E-state index in [1.165, 1.54) is 0 Å². The summed E-state index contributed by atoms with van der Waals surface area (Å²) in [5.41, 5.74) is 1.45. The molecule has 2 unspecified atom stereocenters. The van der Waals surface area contributed by atoms with E-state index in [1.54, 1.807) is 62.6 Å². The Labute approximate surface area is 170 Å². The number of nitrogens with one attached hydrogen (secondary N) is 2. The van der Waals surface area contributed by atoms with Gasteiger partial charge in [-0.05, 0) is 49.5 Å². The zero-order valence-electron chi connectivity index (χ0n) is 16.1. The fourth-order valence-corrected chi connectivity index (χ4v) is 2.09. The maximum atomic E-state index is 9.47. The van der Waals surface area contributed by atoms with E-state index in [1.807, 2.05) is 0 Å². The van der Waals surface area contributed by atoms with Crippen LogP contribution in [-0.2, 0) is 10.4 Å². The first-order valence-electron chi connectivity index (χ1n) is 8.41. The molecule has 0 spiro atoms. The average Bonchev–Trinajstić information content (AvgIpc) is 2.61. The zero-order valence-corrected chi connectivity index (χ0v) is 16.9. The Morgan fingerprint density at radius 1 is 0.793 bits per heavy atom. The van der Waals surface area contributed by atoms with Crippen LogP contribution >= 0.6 is 0 Å². The maximum Gasteiger partial charge on any atom is 0.394 e. The van der Waals surface area contributed by atoms with E-state index in [0.717, 1.165) is 11.1 Å². The predicted octanol–water partition coefficient (Wildman–Crippen LogP) is 0.637. The number of likely N-dealkylation sites (N-methyl/N-ethyl adjacent to an activating group) is 2. The van der Waals surface area contributed by atoms with Crippen molar-refractivity contribution in [2.75, 3.05) is 27.2 Å². The molecule has 0 radical (unpaired) electrons. The van der Waals surface area contributed by atoms with Gasteiger partial charge in [0.2, 0.25) is 0 Å². The molecule has 2 aromatic rings. The molecule has 0 heterocycles. The van der Waals surface area contributed by atoms with Crippen molar-refractivity contribution >= 4 is 10.4 Å². The topological polar surface area (TPSA) is 180 Å². The molecule has 0 amide bonds. The van der Waals surface area contributed by atoms with Gasteiger partial charge < -0.3 is 31.1 Å². The van der Waals surface area contributed by atoms with Crippen molar-refractivity contribution in [2.24, 2.45) is 0 Å². The van der Waals surface area contributed by atoms with Gasteiger partial charge >= 0.3 is 10.4 Å². The first-order chi connectivity index (χ1) is 13.5. The summed E-state index contributed by atoms with van der Waals surface area (Å²) >= 11 is 0. The van der Waals surface area contributed by atoms with Crippen LogP contribution in [0.15, 0.2) is 48.5 Å². The van der Waals surface area contributed by atoms with Crippen LogP contribution in [0, 0.1) is 0 Å². The van der Waals surface area contributed by atoms with Crippen molar-refractivity contribution < 1.29 is 37.9 Å².